The van der Waals surface area contributed by atoms with Gasteiger partial charge in [-0.1, -0.05) is 6.07 Å². The molecule has 1 aromatic rings. The van der Waals surface area contributed by atoms with E-state index in [1.54, 1.807) is 12.1 Å². The van der Waals surface area contributed by atoms with Crippen LogP contribution in [-0.4, -0.2) is 25.9 Å². The number of benzene rings is 1. The van der Waals surface area contributed by atoms with Crippen LogP contribution in [-0.2, 0) is 4.74 Å². The van der Waals surface area contributed by atoms with Gasteiger partial charge >= 0.3 is 0 Å². The van der Waals surface area contributed by atoms with Crippen LogP contribution in [0.1, 0.15) is 31.9 Å². The summed E-state index contributed by atoms with van der Waals surface area (Å²) in [5.41, 5.74) is 0.593. The van der Waals surface area contributed by atoms with Gasteiger partial charge in [-0.05, 0) is 26.3 Å². The van der Waals surface area contributed by atoms with Crippen LogP contribution in [0.25, 0.3) is 0 Å². The molecule has 100 valence electrons. The van der Waals surface area contributed by atoms with Crippen molar-refractivity contribution in [3.05, 3.63) is 29.6 Å². The van der Waals surface area contributed by atoms with Gasteiger partial charge < -0.3 is 14.8 Å². The number of nitrogens with one attached hydrogen (secondary N) is 1. The van der Waals surface area contributed by atoms with Crippen molar-refractivity contribution < 1.29 is 13.9 Å². The monoisotopic (exact) mass is 253 g/mol. The summed E-state index contributed by atoms with van der Waals surface area (Å²) in [6.45, 7) is 5.52. The second-order valence-electron chi connectivity index (χ2n) is 5.12. The molecule has 1 N–H and O–H groups in total. The van der Waals surface area contributed by atoms with Crippen LogP contribution in [0.5, 0.6) is 5.75 Å². The van der Waals surface area contributed by atoms with Crippen molar-refractivity contribution in [3.8, 4) is 5.75 Å². The summed E-state index contributed by atoms with van der Waals surface area (Å²) in [4.78, 5) is 0. The second-order valence-corrected chi connectivity index (χ2v) is 5.12. The molecule has 0 amide bonds. The molecule has 1 saturated heterocycles. The van der Waals surface area contributed by atoms with Crippen LogP contribution in [0, 0.1) is 5.82 Å². The number of hydrogen-bond donors (Lipinski definition) is 1. The highest BCUT2D eigenvalue weighted by molar-refractivity contribution is 5.30. The number of hydrogen-bond acceptors (Lipinski definition) is 3. The van der Waals surface area contributed by atoms with Crippen molar-refractivity contribution in [2.75, 3.05) is 20.3 Å². The summed E-state index contributed by atoms with van der Waals surface area (Å²) >= 11 is 0. The molecule has 0 saturated carbocycles. The van der Waals surface area contributed by atoms with Gasteiger partial charge in [0.2, 0.25) is 0 Å². The lowest BCUT2D eigenvalue weighted by molar-refractivity contribution is 0.167. The van der Waals surface area contributed by atoms with Crippen molar-refractivity contribution in [1.29, 1.82) is 0 Å². The van der Waals surface area contributed by atoms with Crippen molar-refractivity contribution >= 4 is 0 Å². The van der Waals surface area contributed by atoms with Gasteiger partial charge in [0.25, 0.3) is 0 Å². The highest BCUT2D eigenvalue weighted by atomic mass is 19.1. The van der Waals surface area contributed by atoms with Crippen LogP contribution < -0.4 is 10.1 Å². The zero-order valence-corrected chi connectivity index (χ0v) is 11.1. The molecule has 3 nitrogen and oxygen atoms in total. The van der Waals surface area contributed by atoms with E-state index in [-0.39, 0.29) is 17.4 Å². The first-order valence-corrected chi connectivity index (χ1v) is 6.23. The highest BCUT2D eigenvalue weighted by Crippen LogP contribution is 2.26. The van der Waals surface area contributed by atoms with E-state index in [4.69, 9.17) is 9.47 Å². The Morgan fingerprint density at radius 1 is 1.50 bits per heavy atom. The zero-order chi connectivity index (χ0) is 13.2. The molecular weight excluding hydrogens is 233 g/mol. The Bertz CT molecular complexity index is 416. The van der Waals surface area contributed by atoms with Crippen molar-refractivity contribution in [2.24, 2.45) is 0 Å². The number of methoxy groups -OCH3 is 1. The first-order chi connectivity index (χ1) is 8.54. The number of ether oxygens (including phenoxy) is 2. The Morgan fingerprint density at radius 3 is 2.83 bits per heavy atom. The summed E-state index contributed by atoms with van der Waals surface area (Å²) in [5, 5.41) is 3.44. The smallest absolute Gasteiger partial charge is 0.131 e. The molecule has 0 aromatic heterocycles. The SMILES string of the molecule is COc1ccc([C@@H](C)N[C@]2(C)CCOC2)c(F)c1. The summed E-state index contributed by atoms with van der Waals surface area (Å²) < 4.78 is 24.3. The molecule has 1 aliphatic heterocycles. The van der Waals surface area contributed by atoms with E-state index >= 15 is 0 Å². The predicted molar refractivity (Wildman–Crippen MR) is 68.3 cm³/mol. The number of rotatable bonds is 4. The molecule has 1 fully saturated rings. The Kier molecular flexibility index (Phi) is 3.88. The minimum atomic E-state index is -0.239. The molecule has 18 heavy (non-hydrogen) atoms. The Hall–Kier alpha value is -1.13. The van der Waals surface area contributed by atoms with Gasteiger partial charge in [-0.3, -0.25) is 0 Å². The summed E-state index contributed by atoms with van der Waals surface area (Å²) in [6, 6.07) is 4.92. The molecule has 0 radical (unpaired) electrons. The molecular formula is C14H20FNO2. The third-order valence-corrected chi connectivity index (χ3v) is 3.46. The van der Waals surface area contributed by atoms with Crippen LogP contribution in [0.15, 0.2) is 18.2 Å². The van der Waals surface area contributed by atoms with Crippen LogP contribution in [0.3, 0.4) is 0 Å². The Balaban J connectivity index is 2.11. The van der Waals surface area contributed by atoms with Gasteiger partial charge in [0, 0.05) is 29.8 Å². The average molecular weight is 253 g/mol. The van der Waals surface area contributed by atoms with Gasteiger partial charge in [-0.2, -0.15) is 0 Å². The highest BCUT2D eigenvalue weighted by Gasteiger charge is 2.31. The molecule has 1 heterocycles. The van der Waals surface area contributed by atoms with Gasteiger partial charge in [-0.25, -0.2) is 4.39 Å². The fraction of sp³-hybridized carbons (Fsp3) is 0.571. The Labute approximate surface area is 107 Å². The molecule has 0 aliphatic carbocycles. The molecule has 2 atom stereocenters. The van der Waals surface area contributed by atoms with Crippen molar-refractivity contribution in [2.45, 2.75) is 31.8 Å². The Morgan fingerprint density at radius 2 is 2.28 bits per heavy atom. The van der Waals surface area contributed by atoms with Gasteiger partial charge in [0.1, 0.15) is 11.6 Å². The molecule has 4 heteroatoms. The lowest BCUT2D eigenvalue weighted by Gasteiger charge is -2.28. The zero-order valence-electron chi connectivity index (χ0n) is 11.1. The van der Waals surface area contributed by atoms with E-state index in [9.17, 15) is 4.39 Å². The fourth-order valence-corrected chi connectivity index (χ4v) is 2.37. The van der Waals surface area contributed by atoms with Crippen LogP contribution >= 0.6 is 0 Å². The van der Waals surface area contributed by atoms with Crippen molar-refractivity contribution in [3.63, 3.8) is 0 Å². The maximum absolute atomic E-state index is 13.9. The maximum Gasteiger partial charge on any atom is 0.131 e. The average Bonchev–Trinajstić information content (AvgIpc) is 2.75. The topological polar surface area (TPSA) is 30.5 Å². The van der Waals surface area contributed by atoms with E-state index < -0.39 is 0 Å². The second kappa shape index (κ2) is 5.24. The summed E-state index contributed by atoms with van der Waals surface area (Å²) in [7, 11) is 1.53. The molecule has 0 spiro atoms. The third kappa shape index (κ3) is 2.82. The molecule has 0 bridgehead atoms. The fourth-order valence-electron chi connectivity index (χ4n) is 2.37. The first-order valence-electron chi connectivity index (χ1n) is 6.23. The van der Waals surface area contributed by atoms with E-state index in [2.05, 4.69) is 12.2 Å². The maximum atomic E-state index is 13.9. The van der Waals surface area contributed by atoms with Gasteiger partial charge in [0.15, 0.2) is 0 Å². The molecule has 1 aliphatic rings. The van der Waals surface area contributed by atoms with Gasteiger partial charge in [0.05, 0.1) is 13.7 Å². The van der Waals surface area contributed by atoms with E-state index in [0.717, 1.165) is 13.0 Å². The normalized spacial score (nSPS) is 25.1. The lowest BCUT2D eigenvalue weighted by Crippen LogP contribution is -2.44. The van der Waals surface area contributed by atoms with Crippen molar-refractivity contribution in [1.82, 2.24) is 5.32 Å². The van der Waals surface area contributed by atoms with E-state index in [0.29, 0.717) is 17.9 Å². The summed E-state index contributed by atoms with van der Waals surface area (Å²) in [6.07, 6.45) is 0.953. The van der Waals surface area contributed by atoms with Crippen LogP contribution in [0.4, 0.5) is 4.39 Å². The standard InChI is InChI=1S/C14H20FNO2/c1-10(16-14(2)6-7-18-9-14)12-5-4-11(17-3)8-13(12)15/h4-5,8,10,16H,6-7,9H2,1-3H3/t10-,14-/m1/s1. The predicted octanol–water partition coefficient (Wildman–Crippen LogP) is 2.66. The molecule has 2 rings (SSSR count). The molecule has 0 unspecified atom stereocenters. The largest absolute Gasteiger partial charge is 0.497 e. The third-order valence-electron chi connectivity index (χ3n) is 3.46. The minimum absolute atomic E-state index is 0.0531. The van der Waals surface area contributed by atoms with E-state index in [1.807, 2.05) is 6.92 Å². The molecule has 1 aromatic carbocycles. The number of halogens is 1. The van der Waals surface area contributed by atoms with E-state index in [1.165, 1.54) is 13.2 Å². The summed E-state index contributed by atoms with van der Waals surface area (Å²) in [5.74, 6) is 0.302. The minimum Gasteiger partial charge on any atom is -0.497 e. The lowest BCUT2D eigenvalue weighted by atomic mass is 9.98. The van der Waals surface area contributed by atoms with Gasteiger partial charge in [-0.15, -0.1) is 0 Å². The van der Waals surface area contributed by atoms with Crippen LogP contribution in [0.2, 0.25) is 0 Å². The quantitative estimate of drug-likeness (QED) is 0.895. The first kappa shape index (κ1) is 13.3.